The molecule has 2 aromatic heterocycles. The first-order valence-electron chi connectivity index (χ1n) is 9.46. The first-order valence-corrected chi connectivity index (χ1v) is 9.46. The molecule has 4 heterocycles. The van der Waals surface area contributed by atoms with Crippen molar-refractivity contribution in [3.05, 3.63) is 59.9 Å². The number of carbonyl (C=O) groups is 2. The molecule has 1 aromatic carbocycles. The summed E-state index contributed by atoms with van der Waals surface area (Å²) in [5.74, 6) is 0.509. The predicted molar refractivity (Wildman–Crippen MR) is 109 cm³/mol. The molecule has 2 aliphatic rings. The molecule has 1 fully saturated rings. The third-order valence-corrected chi connectivity index (χ3v) is 5.69. The maximum Gasteiger partial charge on any atom is 0.255 e. The van der Waals surface area contributed by atoms with Crippen molar-refractivity contribution >= 4 is 34.2 Å². The lowest BCUT2D eigenvalue weighted by molar-refractivity contribution is -0.132. The molecule has 0 aliphatic carbocycles. The molecule has 0 bridgehead atoms. The van der Waals surface area contributed by atoms with E-state index in [1.54, 1.807) is 23.4 Å². The van der Waals surface area contributed by atoms with E-state index in [-0.39, 0.29) is 17.9 Å². The van der Waals surface area contributed by atoms with Gasteiger partial charge in [-0.15, -0.1) is 0 Å². The van der Waals surface area contributed by atoms with Gasteiger partial charge < -0.3 is 15.1 Å². The van der Waals surface area contributed by atoms with Crippen LogP contribution in [0.1, 0.15) is 21.5 Å². The van der Waals surface area contributed by atoms with E-state index < -0.39 is 0 Å². The standard InChI is InChI=1S/C21H20N6O2/c1-3-19(28)26-10-14(11-26)27-9-13-7-22-18(6-15(13)21(27)29)24-20-12(2)4-5-17-16(20)8-23-25-17/h3-8,14H,1,9-11H2,2H3,(H,22,24)(H,23,25). The van der Waals surface area contributed by atoms with Crippen LogP contribution in [0.15, 0.2) is 43.2 Å². The number of aromatic amines is 1. The molecule has 5 rings (SSSR count). The van der Waals surface area contributed by atoms with Gasteiger partial charge in [0.1, 0.15) is 5.82 Å². The van der Waals surface area contributed by atoms with Crippen molar-refractivity contribution in [2.75, 3.05) is 18.4 Å². The number of carbonyl (C=O) groups excluding carboxylic acids is 2. The largest absolute Gasteiger partial charge is 0.339 e. The molecule has 1 saturated heterocycles. The van der Waals surface area contributed by atoms with Gasteiger partial charge in [-0.3, -0.25) is 14.7 Å². The number of fused-ring (bicyclic) bond motifs is 2. The van der Waals surface area contributed by atoms with Gasteiger partial charge in [0.15, 0.2) is 0 Å². The van der Waals surface area contributed by atoms with E-state index in [2.05, 4.69) is 27.1 Å². The Bertz CT molecular complexity index is 1160. The molecule has 8 heteroatoms. The van der Waals surface area contributed by atoms with Crippen LogP contribution in [-0.4, -0.2) is 55.9 Å². The van der Waals surface area contributed by atoms with E-state index in [0.29, 0.717) is 31.0 Å². The normalized spacial score (nSPS) is 16.1. The number of nitrogens with zero attached hydrogens (tertiary/aromatic N) is 4. The fourth-order valence-electron chi connectivity index (χ4n) is 3.96. The molecule has 0 unspecified atom stereocenters. The molecular weight excluding hydrogens is 368 g/mol. The van der Waals surface area contributed by atoms with Crippen molar-refractivity contribution in [3.63, 3.8) is 0 Å². The summed E-state index contributed by atoms with van der Waals surface area (Å²) in [7, 11) is 0. The Morgan fingerprint density at radius 1 is 1.34 bits per heavy atom. The number of nitrogens with one attached hydrogen (secondary N) is 2. The van der Waals surface area contributed by atoms with Gasteiger partial charge in [0.2, 0.25) is 5.91 Å². The molecule has 3 aromatic rings. The van der Waals surface area contributed by atoms with E-state index in [1.807, 2.05) is 24.0 Å². The summed E-state index contributed by atoms with van der Waals surface area (Å²) in [4.78, 5) is 32.6. The minimum atomic E-state index is -0.0950. The molecule has 2 amide bonds. The molecule has 29 heavy (non-hydrogen) atoms. The highest BCUT2D eigenvalue weighted by Crippen LogP contribution is 2.32. The number of hydrogen-bond donors (Lipinski definition) is 2. The summed E-state index contributed by atoms with van der Waals surface area (Å²) in [5.41, 5.74) is 4.49. The van der Waals surface area contributed by atoms with Gasteiger partial charge in [-0.25, -0.2) is 4.98 Å². The quantitative estimate of drug-likeness (QED) is 0.669. The third-order valence-electron chi connectivity index (χ3n) is 5.69. The van der Waals surface area contributed by atoms with Crippen LogP contribution < -0.4 is 5.32 Å². The number of benzene rings is 1. The second-order valence-corrected chi connectivity index (χ2v) is 7.47. The average molecular weight is 388 g/mol. The Morgan fingerprint density at radius 2 is 2.17 bits per heavy atom. The van der Waals surface area contributed by atoms with Gasteiger partial charge in [0, 0.05) is 42.3 Å². The fraction of sp³-hybridized carbons (Fsp3) is 0.238. The van der Waals surface area contributed by atoms with E-state index >= 15 is 0 Å². The SMILES string of the molecule is C=CC(=O)N1CC(N2Cc3cnc(Nc4c(C)ccc5[nH]ncc45)cc3C2=O)C1. The molecule has 2 aliphatic heterocycles. The molecule has 0 saturated carbocycles. The molecule has 2 N–H and O–H groups in total. The monoisotopic (exact) mass is 388 g/mol. The van der Waals surface area contributed by atoms with Crippen LogP contribution in [0.3, 0.4) is 0 Å². The second-order valence-electron chi connectivity index (χ2n) is 7.47. The Labute approximate surface area is 167 Å². The van der Waals surface area contributed by atoms with Gasteiger partial charge in [-0.2, -0.15) is 5.10 Å². The Morgan fingerprint density at radius 3 is 2.97 bits per heavy atom. The van der Waals surface area contributed by atoms with Crippen molar-refractivity contribution in [1.82, 2.24) is 25.0 Å². The van der Waals surface area contributed by atoms with Gasteiger partial charge >= 0.3 is 0 Å². The highest BCUT2D eigenvalue weighted by atomic mass is 16.2. The summed E-state index contributed by atoms with van der Waals surface area (Å²) < 4.78 is 0. The zero-order valence-corrected chi connectivity index (χ0v) is 16.0. The maximum atomic E-state index is 13.0. The third kappa shape index (κ3) is 2.75. The highest BCUT2D eigenvalue weighted by molar-refractivity contribution is 6.00. The van der Waals surface area contributed by atoms with E-state index in [0.717, 1.165) is 27.7 Å². The number of hydrogen-bond acceptors (Lipinski definition) is 5. The van der Waals surface area contributed by atoms with Gasteiger partial charge in [0.25, 0.3) is 5.91 Å². The van der Waals surface area contributed by atoms with Gasteiger partial charge in [0.05, 0.1) is 23.4 Å². The lowest BCUT2D eigenvalue weighted by Crippen LogP contribution is -2.60. The smallest absolute Gasteiger partial charge is 0.255 e. The number of H-pyrrole nitrogens is 1. The molecule has 0 spiro atoms. The van der Waals surface area contributed by atoms with Crippen LogP contribution in [0.4, 0.5) is 11.5 Å². The summed E-state index contributed by atoms with van der Waals surface area (Å²) in [5, 5.41) is 11.4. The van der Waals surface area contributed by atoms with Crippen molar-refractivity contribution in [1.29, 1.82) is 0 Å². The lowest BCUT2D eigenvalue weighted by atomic mass is 10.1. The maximum absolute atomic E-state index is 13.0. The average Bonchev–Trinajstić information content (AvgIpc) is 3.28. The predicted octanol–water partition coefficient (Wildman–Crippen LogP) is 2.36. The van der Waals surface area contributed by atoms with Crippen LogP contribution in [0.5, 0.6) is 0 Å². The molecule has 0 radical (unpaired) electrons. The van der Waals surface area contributed by atoms with E-state index in [4.69, 9.17) is 0 Å². The zero-order chi connectivity index (χ0) is 20.1. The minimum Gasteiger partial charge on any atom is -0.339 e. The summed E-state index contributed by atoms with van der Waals surface area (Å²) in [6.45, 7) is 7.14. The van der Waals surface area contributed by atoms with E-state index in [1.165, 1.54) is 6.08 Å². The van der Waals surface area contributed by atoms with Gasteiger partial charge in [-0.05, 0) is 30.7 Å². The number of amides is 2. The van der Waals surface area contributed by atoms with Crippen LogP contribution in [0.2, 0.25) is 0 Å². The highest BCUT2D eigenvalue weighted by Gasteiger charge is 2.40. The molecule has 0 atom stereocenters. The minimum absolute atomic E-state index is 0.0145. The second kappa shape index (κ2) is 6.44. The van der Waals surface area contributed by atoms with Crippen LogP contribution in [0.25, 0.3) is 10.9 Å². The number of likely N-dealkylation sites (tertiary alicyclic amines) is 1. The zero-order valence-electron chi connectivity index (χ0n) is 16.0. The summed E-state index contributed by atoms with van der Waals surface area (Å²) in [6, 6.07) is 5.84. The first kappa shape index (κ1) is 17.4. The number of anilines is 2. The van der Waals surface area contributed by atoms with Crippen LogP contribution >= 0.6 is 0 Å². The Balaban J connectivity index is 1.37. The Hall–Kier alpha value is -3.68. The lowest BCUT2D eigenvalue weighted by Gasteiger charge is -2.43. The number of aromatic nitrogens is 3. The van der Waals surface area contributed by atoms with Crippen molar-refractivity contribution in [3.8, 4) is 0 Å². The fourth-order valence-corrected chi connectivity index (χ4v) is 3.96. The van der Waals surface area contributed by atoms with Crippen molar-refractivity contribution < 1.29 is 9.59 Å². The van der Waals surface area contributed by atoms with Crippen LogP contribution in [-0.2, 0) is 11.3 Å². The molecule has 8 nitrogen and oxygen atoms in total. The number of aryl methyl sites for hydroxylation is 1. The molecular formula is C21H20N6O2. The van der Waals surface area contributed by atoms with Gasteiger partial charge in [-0.1, -0.05) is 12.6 Å². The Kier molecular flexibility index (Phi) is 3.87. The number of rotatable bonds is 4. The van der Waals surface area contributed by atoms with Crippen molar-refractivity contribution in [2.45, 2.75) is 19.5 Å². The van der Waals surface area contributed by atoms with Crippen LogP contribution in [0, 0.1) is 6.92 Å². The molecule has 146 valence electrons. The number of pyridine rings is 1. The topological polar surface area (TPSA) is 94.2 Å². The summed E-state index contributed by atoms with van der Waals surface area (Å²) in [6.07, 6.45) is 4.84. The summed E-state index contributed by atoms with van der Waals surface area (Å²) >= 11 is 0. The van der Waals surface area contributed by atoms with E-state index in [9.17, 15) is 9.59 Å². The van der Waals surface area contributed by atoms with Crippen molar-refractivity contribution in [2.24, 2.45) is 0 Å². The first-order chi connectivity index (χ1) is 14.0.